The maximum absolute atomic E-state index is 13.1. The topological polar surface area (TPSA) is 18.8 Å². The first-order chi connectivity index (χ1) is 16.9. The predicted molar refractivity (Wildman–Crippen MR) is 128 cm³/mol. The molecule has 0 saturated heterocycles. The van der Waals surface area contributed by atoms with E-state index in [9.17, 15) is 26.3 Å². The van der Waals surface area contributed by atoms with E-state index in [1.165, 1.54) is 12.1 Å². The molecule has 1 aliphatic heterocycles. The lowest BCUT2D eigenvalue weighted by Crippen LogP contribution is -2.29. The Kier molecular flexibility index (Phi) is 7.50. The zero-order valence-electron chi connectivity index (χ0n) is 20.2. The van der Waals surface area contributed by atoms with Crippen LogP contribution in [0.1, 0.15) is 54.0 Å². The van der Waals surface area contributed by atoms with Crippen LogP contribution < -0.4 is 0 Å². The van der Waals surface area contributed by atoms with E-state index in [1.54, 1.807) is 12.1 Å². The molecule has 1 saturated carbocycles. The van der Waals surface area contributed by atoms with Crippen molar-refractivity contribution in [2.24, 2.45) is 11.0 Å². The van der Waals surface area contributed by atoms with Gasteiger partial charge in [-0.2, -0.15) is 31.4 Å². The Balaban J connectivity index is 1.64. The number of alkyl halides is 6. The van der Waals surface area contributed by atoms with Crippen LogP contribution in [0.2, 0.25) is 0 Å². The van der Waals surface area contributed by atoms with Gasteiger partial charge >= 0.3 is 12.4 Å². The summed E-state index contributed by atoms with van der Waals surface area (Å²) in [4.78, 5) is 2.07. The van der Waals surface area contributed by atoms with Gasteiger partial charge in [0.1, 0.15) is 0 Å². The molecule has 1 heterocycles. The van der Waals surface area contributed by atoms with Gasteiger partial charge in [0.15, 0.2) is 0 Å². The third kappa shape index (κ3) is 5.94. The second-order valence-corrected chi connectivity index (χ2v) is 9.66. The molecule has 2 unspecified atom stereocenters. The third-order valence-corrected chi connectivity index (χ3v) is 6.73. The highest BCUT2D eigenvalue weighted by Crippen LogP contribution is 2.45. The molecule has 3 nitrogen and oxygen atoms in total. The van der Waals surface area contributed by atoms with Crippen LogP contribution in [0.4, 0.5) is 26.3 Å². The van der Waals surface area contributed by atoms with Crippen molar-refractivity contribution in [2.45, 2.75) is 44.1 Å². The Morgan fingerprint density at radius 1 is 0.917 bits per heavy atom. The molecule has 0 N–H and O–H groups in total. The van der Waals surface area contributed by atoms with Crippen LogP contribution in [0.15, 0.2) is 59.2 Å². The number of rotatable bonds is 6. The van der Waals surface area contributed by atoms with Gasteiger partial charge in [-0.05, 0) is 93.4 Å². The summed E-state index contributed by atoms with van der Waals surface area (Å²) in [5.74, 6) is 0.00976. The van der Waals surface area contributed by atoms with E-state index in [-0.39, 0.29) is 12.0 Å². The van der Waals surface area contributed by atoms with Gasteiger partial charge in [0.05, 0.1) is 22.9 Å². The fourth-order valence-corrected chi connectivity index (χ4v) is 5.00. The molecule has 0 radical (unpaired) electrons. The largest absolute Gasteiger partial charge is 0.416 e. The lowest BCUT2D eigenvalue weighted by Gasteiger charge is -2.31. The Morgan fingerprint density at radius 3 is 2.06 bits per heavy atom. The second kappa shape index (κ2) is 10.3. The maximum Gasteiger partial charge on any atom is 0.416 e. The van der Waals surface area contributed by atoms with Crippen molar-refractivity contribution in [1.29, 1.82) is 0 Å². The Bertz CT molecular complexity index is 1100. The maximum atomic E-state index is 13.1. The van der Waals surface area contributed by atoms with Crippen LogP contribution >= 0.6 is 0 Å². The van der Waals surface area contributed by atoms with Crippen LogP contribution in [0.5, 0.6) is 0 Å². The van der Waals surface area contributed by atoms with Crippen molar-refractivity contribution in [3.8, 4) is 0 Å². The summed E-state index contributed by atoms with van der Waals surface area (Å²) < 4.78 is 78.2. The number of halogens is 6. The smallest absolute Gasteiger partial charge is 0.309 e. The van der Waals surface area contributed by atoms with E-state index in [0.29, 0.717) is 12.1 Å². The van der Waals surface area contributed by atoms with Gasteiger partial charge in [0, 0.05) is 12.5 Å². The summed E-state index contributed by atoms with van der Waals surface area (Å²) >= 11 is 0. The zero-order valence-corrected chi connectivity index (χ0v) is 20.2. The SMILES string of the molecule is CN(C)CCCN1N=C2C(=Cc3ccc(C(F)(F)F)cc3)CCCC2C1c1ccc(C(F)(F)F)cc1. The number of hydrogen-bond acceptors (Lipinski definition) is 3. The van der Waals surface area contributed by atoms with Gasteiger partial charge < -0.3 is 4.90 Å². The fraction of sp³-hybridized carbons (Fsp3) is 0.444. The summed E-state index contributed by atoms with van der Waals surface area (Å²) in [5, 5.41) is 6.92. The average Bonchev–Trinajstić information content (AvgIpc) is 3.17. The first kappa shape index (κ1) is 26.3. The molecule has 0 bridgehead atoms. The molecule has 1 fully saturated rings. The second-order valence-electron chi connectivity index (χ2n) is 9.66. The minimum atomic E-state index is -4.40. The van der Waals surface area contributed by atoms with Crippen molar-refractivity contribution < 1.29 is 26.3 Å². The first-order valence-electron chi connectivity index (χ1n) is 12.0. The van der Waals surface area contributed by atoms with Crippen LogP contribution in [0, 0.1) is 5.92 Å². The van der Waals surface area contributed by atoms with Crippen LogP contribution in [0.25, 0.3) is 6.08 Å². The molecular formula is C27H29F6N3. The lowest BCUT2D eigenvalue weighted by atomic mass is 9.77. The molecule has 0 aromatic heterocycles. The molecule has 9 heteroatoms. The zero-order chi connectivity index (χ0) is 26.1. The van der Waals surface area contributed by atoms with Crippen molar-refractivity contribution in [3.05, 3.63) is 76.4 Å². The minimum absolute atomic E-state index is 0.00976. The Morgan fingerprint density at radius 2 is 1.50 bits per heavy atom. The number of hydrazone groups is 1. The highest BCUT2D eigenvalue weighted by Gasteiger charge is 2.41. The Labute approximate surface area is 207 Å². The molecule has 2 aliphatic rings. The van der Waals surface area contributed by atoms with E-state index in [2.05, 4.69) is 4.90 Å². The van der Waals surface area contributed by atoms with Gasteiger partial charge in [-0.25, -0.2) is 0 Å². The van der Waals surface area contributed by atoms with Crippen molar-refractivity contribution in [1.82, 2.24) is 9.91 Å². The van der Waals surface area contributed by atoms with E-state index < -0.39 is 23.5 Å². The minimum Gasteiger partial charge on any atom is -0.309 e. The summed E-state index contributed by atoms with van der Waals surface area (Å²) in [6.45, 7) is 1.50. The average molecular weight is 510 g/mol. The van der Waals surface area contributed by atoms with E-state index >= 15 is 0 Å². The van der Waals surface area contributed by atoms with Gasteiger partial charge in [-0.3, -0.25) is 5.01 Å². The van der Waals surface area contributed by atoms with Gasteiger partial charge in [-0.1, -0.05) is 24.3 Å². The van der Waals surface area contributed by atoms with Crippen LogP contribution in [0.3, 0.4) is 0 Å². The van der Waals surface area contributed by atoms with Gasteiger partial charge in [0.25, 0.3) is 0 Å². The molecule has 0 spiro atoms. The lowest BCUT2D eigenvalue weighted by molar-refractivity contribution is -0.138. The van der Waals surface area contributed by atoms with Crippen molar-refractivity contribution in [3.63, 3.8) is 0 Å². The summed E-state index contributed by atoms with van der Waals surface area (Å²) in [6, 6.07) is 10.2. The monoisotopic (exact) mass is 509 g/mol. The summed E-state index contributed by atoms with van der Waals surface area (Å²) in [5.41, 5.74) is 1.93. The number of nitrogens with zero attached hydrogens (tertiary/aromatic N) is 3. The van der Waals surface area contributed by atoms with Crippen molar-refractivity contribution >= 4 is 11.8 Å². The normalized spacial score (nSPS) is 21.8. The van der Waals surface area contributed by atoms with Crippen LogP contribution in [-0.2, 0) is 12.4 Å². The molecule has 194 valence electrons. The van der Waals surface area contributed by atoms with E-state index in [4.69, 9.17) is 5.10 Å². The predicted octanol–water partition coefficient (Wildman–Crippen LogP) is 7.27. The first-order valence-corrected chi connectivity index (χ1v) is 12.0. The third-order valence-electron chi connectivity index (χ3n) is 6.73. The van der Waals surface area contributed by atoms with E-state index in [1.807, 2.05) is 25.2 Å². The molecule has 2 aromatic carbocycles. The molecule has 2 atom stereocenters. The molecular weight excluding hydrogens is 480 g/mol. The molecule has 36 heavy (non-hydrogen) atoms. The quantitative estimate of drug-likeness (QED) is 0.382. The Hall–Kier alpha value is -2.81. The molecule has 0 amide bonds. The standard InChI is InChI=1S/C27H29F6N3/c1-35(2)15-4-16-36-25(19-9-13-22(14-10-19)27(31,32)33)23-6-3-5-20(24(23)34-36)17-18-7-11-21(12-8-18)26(28,29)30/h7-14,17,23,25H,3-6,15-16H2,1-2H3. The number of benzene rings is 2. The number of fused-ring (bicyclic) bond motifs is 1. The highest BCUT2D eigenvalue weighted by atomic mass is 19.4. The van der Waals surface area contributed by atoms with Crippen molar-refractivity contribution in [2.75, 3.05) is 27.2 Å². The number of hydrogen-bond donors (Lipinski definition) is 0. The number of allylic oxidation sites excluding steroid dienone is 1. The molecule has 4 rings (SSSR count). The summed E-state index contributed by atoms with van der Waals surface area (Å²) in [6.07, 6.45) is -3.59. The molecule has 1 aliphatic carbocycles. The van der Waals surface area contributed by atoms with E-state index in [0.717, 1.165) is 73.3 Å². The van der Waals surface area contributed by atoms with Crippen LogP contribution in [-0.4, -0.2) is 42.8 Å². The molecule has 2 aromatic rings. The van der Waals surface area contributed by atoms with Gasteiger partial charge in [0.2, 0.25) is 0 Å². The highest BCUT2D eigenvalue weighted by molar-refractivity contribution is 6.07. The van der Waals surface area contributed by atoms with Gasteiger partial charge in [-0.15, -0.1) is 0 Å². The fourth-order valence-electron chi connectivity index (χ4n) is 5.00. The summed E-state index contributed by atoms with van der Waals surface area (Å²) in [7, 11) is 3.96.